The molecule has 1 atom stereocenters. The zero-order valence-corrected chi connectivity index (χ0v) is 20.4. The van der Waals surface area contributed by atoms with Gasteiger partial charge in [-0.15, -0.1) is 0 Å². The molecule has 3 aromatic rings. The summed E-state index contributed by atoms with van der Waals surface area (Å²) in [7, 11) is 0. The van der Waals surface area contributed by atoms with Gasteiger partial charge in [0.1, 0.15) is 12.4 Å². The Bertz CT molecular complexity index is 1100. The fourth-order valence-electron chi connectivity index (χ4n) is 4.33. The van der Waals surface area contributed by atoms with Gasteiger partial charge in [-0.2, -0.15) is 0 Å². The van der Waals surface area contributed by atoms with Gasteiger partial charge in [0.05, 0.1) is 11.6 Å². The summed E-state index contributed by atoms with van der Waals surface area (Å²) in [6.07, 6.45) is 6.45. The molecular weight excluding hydrogens is 426 g/mol. The SMILES string of the molecule is CCC(CC)NCc1cnc2c(C)c(NC(=O)c3ccc(OC[C@@H]4CCCO4)cc3)ccc2c1. The number of carbonyl (C=O) groups excluding carboxylic acids is 1. The molecule has 2 N–H and O–H groups in total. The van der Waals surface area contributed by atoms with Gasteiger partial charge in [0.2, 0.25) is 0 Å². The van der Waals surface area contributed by atoms with Crippen molar-refractivity contribution in [2.24, 2.45) is 0 Å². The zero-order valence-electron chi connectivity index (χ0n) is 20.4. The molecule has 0 unspecified atom stereocenters. The summed E-state index contributed by atoms with van der Waals surface area (Å²) in [5.41, 5.74) is 4.38. The van der Waals surface area contributed by atoms with Crippen LogP contribution in [0.25, 0.3) is 10.9 Å². The van der Waals surface area contributed by atoms with Crippen LogP contribution >= 0.6 is 0 Å². The summed E-state index contributed by atoms with van der Waals surface area (Å²) < 4.78 is 11.4. The van der Waals surface area contributed by atoms with Crippen LogP contribution in [0.1, 0.15) is 61.0 Å². The Morgan fingerprint density at radius 3 is 2.68 bits per heavy atom. The van der Waals surface area contributed by atoms with E-state index in [1.165, 1.54) is 0 Å². The third-order valence-corrected chi connectivity index (χ3v) is 6.57. The number of aryl methyl sites for hydroxylation is 1. The van der Waals surface area contributed by atoms with E-state index >= 15 is 0 Å². The van der Waals surface area contributed by atoms with Gasteiger partial charge in [0, 0.05) is 42.0 Å². The predicted octanol–water partition coefficient (Wildman–Crippen LogP) is 5.63. The fraction of sp³-hybridized carbons (Fsp3) is 0.429. The molecule has 6 nitrogen and oxygen atoms in total. The highest BCUT2D eigenvalue weighted by Crippen LogP contribution is 2.25. The van der Waals surface area contributed by atoms with Gasteiger partial charge in [-0.25, -0.2) is 0 Å². The van der Waals surface area contributed by atoms with Gasteiger partial charge in [-0.3, -0.25) is 9.78 Å². The summed E-state index contributed by atoms with van der Waals surface area (Å²) in [5.74, 6) is 0.590. The van der Waals surface area contributed by atoms with Crippen molar-refractivity contribution < 1.29 is 14.3 Å². The lowest BCUT2D eigenvalue weighted by Gasteiger charge is -2.15. The Balaban J connectivity index is 1.39. The Labute approximate surface area is 202 Å². The molecule has 1 aliphatic heterocycles. The van der Waals surface area contributed by atoms with E-state index < -0.39 is 0 Å². The monoisotopic (exact) mass is 461 g/mol. The summed E-state index contributed by atoms with van der Waals surface area (Å²) >= 11 is 0. The normalized spacial score (nSPS) is 15.7. The van der Waals surface area contributed by atoms with Crippen molar-refractivity contribution >= 4 is 22.5 Å². The van der Waals surface area contributed by atoms with Crippen LogP contribution in [0.3, 0.4) is 0 Å². The Hall–Kier alpha value is -2.96. The van der Waals surface area contributed by atoms with Crippen LogP contribution in [0.15, 0.2) is 48.7 Å². The first kappa shape index (κ1) is 24.2. The first-order valence-corrected chi connectivity index (χ1v) is 12.3. The standard InChI is InChI=1S/C28H35N3O3/c1-4-23(5-2)29-16-20-15-22-10-13-26(19(3)27(22)30-17-20)31-28(32)21-8-11-24(12-9-21)34-18-25-7-6-14-33-25/h8-13,15,17,23,25,29H,4-7,14,16,18H2,1-3H3,(H,31,32)/t25-/m0/s1. The minimum atomic E-state index is -0.154. The van der Waals surface area contributed by atoms with E-state index in [9.17, 15) is 4.79 Å². The molecule has 34 heavy (non-hydrogen) atoms. The zero-order chi connectivity index (χ0) is 23.9. The van der Waals surface area contributed by atoms with Crippen LogP contribution in [-0.2, 0) is 11.3 Å². The highest BCUT2D eigenvalue weighted by atomic mass is 16.5. The molecule has 1 fully saturated rings. The van der Waals surface area contributed by atoms with Crippen molar-refractivity contribution in [1.82, 2.24) is 10.3 Å². The van der Waals surface area contributed by atoms with E-state index in [0.29, 0.717) is 18.2 Å². The molecule has 0 saturated carbocycles. The van der Waals surface area contributed by atoms with E-state index in [1.807, 2.05) is 37.4 Å². The van der Waals surface area contributed by atoms with E-state index in [4.69, 9.17) is 14.5 Å². The number of hydrogen-bond donors (Lipinski definition) is 2. The van der Waals surface area contributed by atoms with Crippen molar-refractivity contribution in [1.29, 1.82) is 0 Å². The Morgan fingerprint density at radius 2 is 1.97 bits per heavy atom. The number of fused-ring (bicyclic) bond motifs is 1. The fourth-order valence-corrected chi connectivity index (χ4v) is 4.33. The molecule has 0 bridgehead atoms. The van der Waals surface area contributed by atoms with Crippen molar-refractivity contribution in [3.63, 3.8) is 0 Å². The second-order valence-electron chi connectivity index (χ2n) is 8.97. The lowest BCUT2D eigenvalue weighted by molar-refractivity contribution is 0.0679. The molecule has 1 amide bonds. The van der Waals surface area contributed by atoms with Crippen LogP contribution in [-0.4, -0.2) is 36.3 Å². The summed E-state index contributed by atoms with van der Waals surface area (Å²) in [6, 6.07) is 13.9. The minimum absolute atomic E-state index is 0.154. The molecule has 4 rings (SSSR count). The van der Waals surface area contributed by atoms with E-state index in [2.05, 4.69) is 30.5 Å². The quantitative estimate of drug-likeness (QED) is 0.409. The summed E-state index contributed by atoms with van der Waals surface area (Å²) in [5, 5.41) is 7.69. The van der Waals surface area contributed by atoms with E-state index in [1.54, 1.807) is 12.1 Å². The second-order valence-corrected chi connectivity index (χ2v) is 8.97. The maximum absolute atomic E-state index is 12.8. The number of pyridine rings is 1. The van der Waals surface area contributed by atoms with Gasteiger partial charge in [-0.05, 0) is 80.1 Å². The van der Waals surface area contributed by atoms with Gasteiger partial charge in [0.15, 0.2) is 0 Å². The van der Waals surface area contributed by atoms with Crippen LogP contribution in [0.4, 0.5) is 5.69 Å². The number of benzene rings is 2. The highest BCUT2D eigenvalue weighted by molar-refractivity contribution is 6.06. The molecule has 2 aromatic carbocycles. The molecule has 0 radical (unpaired) electrons. The van der Waals surface area contributed by atoms with Crippen molar-refractivity contribution in [3.8, 4) is 5.75 Å². The number of carbonyl (C=O) groups is 1. The first-order valence-electron chi connectivity index (χ1n) is 12.3. The maximum atomic E-state index is 12.8. The van der Waals surface area contributed by atoms with Gasteiger partial charge >= 0.3 is 0 Å². The third kappa shape index (κ3) is 5.93. The minimum Gasteiger partial charge on any atom is -0.491 e. The molecule has 2 heterocycles. The first-order chi connectivity index (χ1) is 16.6. The molecule has 0 spiro atoms. The lowest BCUT2D eigenvalue weighted by Crippen LogP contribution is -2.27. The van der Waals surface area contributed by atoms with Crippen molar-refractivity contribution in [3.05, 3.63) is 65.4 Å². The predicted molar refractivity (Wildman–Crippen MR) is 137 cm³/mol. The number of ether oxygens (including phenoxy) is 2. The molecular formula is C28H35N3O3. The molecule has 180 valence electrons. The summed E-state index contributed by atoms with van der Waals surface area (Å²) in [6.45, 7) is 8.56. The lowest BCUT2D eigenvalue weighted by atomic mass is 10.1. The number of nitrogens with one attached hydrogen (secondary N) is 2. The van der Waals surface area contributed by atoms with Gasteiger partial charge in [-0.1, -0.05) is 19.9 Å². The van der Waals surface area contributed by atoms with Crippen LogP contribution < -0.4 is 15.4 Å². The molecule has 1 saturated heterocycles. The number of aromatic nitrogens is 1. The van der Waals surface area contributed by atoms with Crippen molar-refractivity contribution in [2.75, 3.05) is 18.5 Å². The average Bonchev–Trinajstić information content (AvgIpc) is 3.39. The van der Waals surface area contributed by atoms with Crippen LogP contribution in [0.5, 0.6) is 5.75 Å². The number of rotatable bonds is 10. The number of anilines is 1. The van der Waals surface area contributed by atoms with E-state index in [-0.39, 0.29) is 12.0 Å². The summed E-state index contributed by atoms with van der Waals surface area (Å²) in [4.78, 5) is 17.5. The molecule has 6 heteroatoms. The Morgan fingerprint density at radius 1 is 1.18 bits per heavy atom. The maximum Gasteiger partial charge on any atom is 0.255 e. The third-order valence-electron chi connectivity index (χ3n) is 6.57. The van der Waals surface area contributed by atoms with E-state index in [0.717, 1.165) is 72.3 Å². The van der Waals surface area contributed by atoms with Crippen molar-refractivity contribution in [2.45, 2.75) is 65.1 Å². The van der Waals surface area contributed by atoms with Crippen LogP contribution in [0.2, 0.25) is 0 Å². The highest BCUT2D eigenvalue weighted by Gasteiger charge is 2.16. The molecule has 0 aliphatic carbocycles. The van der Waals surface area contributed by atoms with Gasteiger partial charge in [0.25, 0.3) is 5.91 Å². The Kier molecular flexibility index (Phi) is 8.14. The van der Waals surface area contributed by atoms with Gasteiger partial charge < -0.3 is 20.1 Å². The largest absolute Gasteiger partial charge is 0.491 e. The number of amides is 1. The number of nitrogens with zero attached hydrogens (tertiary/aromatic N) is 1. The number of hydrogen-bond acceptors (Lipinski definition) is 5. The van der Waals surface area contributed by atoms with Crippen LogP contribution in [0, 0.1) is 6.92 Å². The molecule has 1 aromatic heterocycles. The smallest absolute Gasteiger partial charge is 0.255 e. The average molecular weight is 462 g/mol. The molecule has 1 aliphatic rings. The second kappa shape index (κ2) is 11.4. The topological polar surface area (TPSA) is 72.5 Å².